The van der Waals surface area contributed by atoms with Crippen molar-refractivity contribution in [2.45, 2.75) is 0 Å². The molecule has 0 spiro atoms. The maximum atomic E-state index is 2.17. The van der Waals surface area contributed by atoms with Crippen LogP contribution in [0.25, 0.3) is 0 Å². The Kier molecular flexibility index (Phi) is 10.1. The van der Waals surface area contributed by atoms with Crippen LogP contribution in [-0.2, 0) is 16.8 Å². The Morgan fingerprint density at radius 3 is 0.667 bits per heavy atom. The average Bonchev–Trinajstić information content (AvgIpc) is 2.72. The Bertz CT molecular complexity index is 715. The van der Waals surface area contributed by atoms with E-state index in [0.29, 0.717) is 0 Å². The minimum atomic E-state index is 0. The molecule has 27 heavy (non-hydrogen) atoms. The summed E-state index contributed by atoms with van der Waals surface area (Å²) >= 11 is 0. The number of rotatable bonds is 4. The van der Waals surface area contributed by atoms with Gasteiger partial charge in [-0.25, -0.2) is 0 Å². The largest absolute Gasteiger partial charge is 0.0622 e. The topological polar surface area (TPSA) is 0 Å². The molecule has 4 rings (SSSR count). The van der Waals surface area contributed by atoms with Crippen molar-refractivity contribution in [1.82, 2.24) is 0 Å². The molecule has 4 aromatic carbocycles. The normalized spacial score (nSPS) is 9.48. The average molecular weight is 431 g/mol. The Morgan fingerprint density at radius 1 is 0.296 bits per heavy atom. The van der Waals surface area contributed by atoms with E-state index in [9.17, 15) is 0 Å². The van der Waals surface area contributed by atoms with Crippen LogP contribution in [0.1, 0.15) is 0 Å². The van der Waals surface area contributed by atoms with Crippen LogP contribution in [0.3, 0.4) is 0 Å². The second-order valence-electron chi connectivity index (χ2n) is 5.71. The third kappa shape index (κ3) is 8.20. The zero-order valence-corrected chi connectivity index (χ0v) is 17.9. The van der Waals surface area contributed by atoms with Gasteiger partial charge in [0.15, 0.2) is 0 Å². The first kappa shape index (κ1) is 21.5. The summed E-state index contributed by atoms with van der Waals surface area (Å²) in [5.41, 5.74) is 0. The fourth-order valence-electron chi connectivity index (χ4n) is 2.42. The number of benzene rings is 4. The predicted molar refractivity (Wildman–Crippen MR) is 121 cm³/mol. The molecule has 0 N–H and O–H groups in total. The molecule has 0 aliphatic rings. The van der Waals surface area contributed by atoms with E-state index < -0.39 is 0 Å². The van der Waals surface area contributed by atoms with Crippen molar-refractivity contribution in [2.75, 3.05) is 0 Å². The summed E-state index contributed by atoms with van der Waals surface area (Å²) in [6.07, 6.45) is 0. The molecule has 0 unspecified atom stereocenters. The first-order valence-electron chi connectivity index (χ1n) is 8.64. The fraction of sp³-hybridized carbons (Fsp3) is 0. The molecule has 137 valence electrons. The molecule has 0 nitrogen and oxygen atoms in total. The third-order valence-corrected chi connectivity index (χ3v) is 6.16. The first-order valence-corrected chi connectivity index (χ1v) is 10.6. The van der Waals surface area contributed by atoms with Gasteiger partial charge in [-0.3, -0.25) is 0 Å². The van der Waals surface area contributed by atoms with Gasteiger partial charge in [0.2, 0.25) is 0 Å². The van der Waals surface area contributed by atoms with Gasteiger partial charge in [0.1, 0.15) is 0 Å². The van der Waals surface area contributed by atoms with Crippen LogP contribution in [-0.4, -0.2) is 0 Å². The summed E-state index contributed by atoms with van der Waals surface area (Å²) in [6.45, 7) is 0. The monoisotopic (exact) mass is 431 g/mol. The van der Waals surface area contributed by atoms with Crippen molar-refractivity contribution in [1.29, 1.82) is 0 Å². The third-order valence-electron chi connectivity index (χ3n) is 3.67. The van der Waals surface area contributed by atoms with Crippen LogP contribution >= 0.6 is 17.2 Å². The van der Waals surface area contributed by atoms with E-state index in [2.05, 4.69) is 121 Å². The molecular formula is C24H22CoP2. The van der Waals surface area contributed by atoms with E-state index in [0.717, 1.165) is 17.2 Å². The second-order valence-corrected chi connectivity index (χ2v) is 8.52. The maximum Gasteiger partial charge on any atom is 0 e. The minimum absolute atomic E-state index is 0. The van der Waals surface area contributed by atoms with Gasteiger partial charge in [0.25, 0.3) is 0 Å². The molecule has 0 heterocycles. The predicted octanol–water partition coefficient (Wildman–Crippen LogP) is 4.63. The van der Waals surface area contributed by atoms with E-state index >= 15 is 0 Å². The molecule has 1 radical (unpaired) electrons. The molecule has 0 fully saturated rings. The number of hydrogen-bond acceptors (Lipinski definition) is 0. The van der Waals surface area contributed by atoms with Gasteiger partial charge < -0.3 is 0 Å². The molecular weight excluding hydrogens is 409 g/mol. The molecule has 0 aliphatic heterocycles. The van der Waals surface area contributed by atoms with Crippen LogP contribution in [0.5, 0.6) is 0 Å². The summed E-state index contributed by atoms with van der Waals surface area (Å²) in [4.78, 5) is 0. The molecule has 4 aromatic rings. The van der Waals surface area contributed by atoms with Gasteiger partial charge in [-0.05, 0) is 21.2 Å². The quantitative estimate of drug-likeness (QED) is 0.414. The number of hydrogen-bond donors (Lipinski definition) is 0. The molecule has 0 amide bonds. The van der Waals surface area contributed by atoms with Gasteiger partial charge in [-0.1, -0.05) is 138 Å². The standard InChI is InChI=1S/2C12H11P.Co/c2*1-3-7-11(8-4-1)13-12-9-5-2-6-10-12;/h2*1-10,13H;. The van der Waals surface area contributed by atoms with Crippen molar-refractivity contribution < 1.29 is 16.8 Å². The summed E-state index contributed by atoms with van der Waals surface area (Å²) in [7, 11) is 1.55. The molecule has 0 saturated heterocycles. The van der Waals surface area contributed by atoms with Crippen LogP contribution < -0.4 is 21.2 Å². The molecule has 0 atom stereocenters. The summed E-state index contributed by atoms with van der Waals surface area (Å²) in [5.74, 6) is 0. The van der Waals surface area contributed by atoms with Gasteiger partial charge in [-0.15, -0.1) is 0 Å². The zero-order chi connectivity index (χ0) is 17.9. The van der Waals surface area contributed by atoms with Crippen LogP contribution in [0, 0.1) is 0 Å². The van der Waals surface area contributed by atoms with Crippen molar-refractivity contribution in [3.8, 4) is 0 Å². The second kappa shape index (κ2) is 12.6. The van der Waals surface area contributed by atoms with Crippen LogP contribution in [0.15, 0.2) is 121 Å². The van der Waals surface area contributed by atoms with Crippen LogP contribution in [0.2, 0.25) is 0 Å². The molecule has 0 aromatic heterocycles. The van der Waals surface area contributed by atoms with E-state index in [1.807, 2.05) is 0 Å². The van der Waals surface area contributed by atoms with Gasteiger partial charge in [-0.2, -0.15) is 0 Å². The fourth-order valence-corrected chi connectivity index (χ4v) is 4.52. The van der Waals surface area contributed by atoms with Crippen molar-refractivity contribution in [3.63, 3.8) is 0 Å². The van der Waals surface area contributed by atoms with Crippen molar-refractivity contribution >= 4 is 38.4 Å². The smallest absolute Gasteiger partial charge is 0 e. The van der Waals surface area contributed by atoms with E-state index in [1.165, 1.54) is 21.2 Å². The Labute approximate surface area is 176 Å². The van der Waals surface area contributed by atoms with Gasteiger partial charge in [0.05, 0.1) is 0 Å². The van der Waals surface area contributed by atoms with E-state index in [4.69, 9.17) is 0 Å². The van der Waals surface area contributed by atoms with Crippen molar-refractivity contribution in [2.24, 2.45) is 0 Å². The van der Waals surface area contributed by atoms with E-state index in [-0.39, 0.29) is 16.8 Å². The Morgan fingerprint density at radius 2 is 0.481 bits per heavy atom. The zero-order valence-electron chi connectivity index (χ0n) is 14.9. The molecule has 0 bridgehead atoms. The Balaban J connectivity index is 0.000000187. The Hall–Kier alpha value is -1.75. The molecule has 3 heteroatoms. The summed E-state index contributed by atoms with van der Waals surface area (Å²) in [5, 5.41) is 5.59. The van der Waals surface area contributed by atoms with Crippen LogP contribution in [0.4, 0.5) is 0 Å². The summed E-state index contributed by atoms with van der Waals surface area (Å²) in [6, 6.07) is 42.3. The van der Waals surface area contributed by atoms with Crippen molar-refractivity contribution in [3.05, 3.63) is 121 Å². The first-order chi connectivity index (χ1) is 12.9. The maximum absolute atomic E-state index is 2.17. The SMILES string of the molecule is [Co].c1ccc(Pc2ccccc2)cc1.c1ccc(Pc2ccccc2)cc1. The minimum Gasteiger partial charge on any atom is -0.0622 e. The van der Waals surface area contributed by atoms with Gasteiger partial charge >= 0.3 is 0 Å². The van der Waals surface area contributed by atoms with Gasteiger partial charge in [0, 0.05) is 16.8 Å². The molecule has 0 aliphatic carbocycles. The molecule has 0 saturated carbocycles. The summed E-state index contributed by atoms with van der Waals surface area (Å²) < 4.78 is 0. The van der Waals surface area contributed by atoms with E-state index in [1.54, 1.807) is 0 Å².